The average Bonchev–Trinajstić information content (AvgIpc) is 2.61. The first-order chi connectivity index (χ1) is 8.08. The molecule has 2 nitrogen and oxygen atoms in total. The molecule has 2 rings (SSSR count). The van der Waals surface area contributed by atoms with Gasteiger partial charge in [0.15, 0.2) is 0 Å². The highest BCUT2D eigenvalue weighted by Crippen LogP contribution is 2.22. The van der Waals surface area contributed by atoms with Gasteiger partial charge in [0.2, 0.25) is 0 Å². The van der Waals surface area contributed by atoms with Gasteiger partial charge in [-0.25, -0.2) is 8.78 Å². The molecule has 2 aromatic rings. The van der Waals surface area contributed by atoms with Crippen LogP contribution in [0.4, 0.5) is 8.78 Å². The Kier molecular flexibility index (Phi) is 3.43. The molecule has 1 atom stereocenters. The molecular weight excluding hydrogens is 222 g/mol. The van der Waals surface area contributed by atoms with Gasteiger partial charge < -0.3 is 10.3 Å². The maximum absolute atomic E-state index is 12.5. The van der Waals surface area contributed by atoms with E-state index >= 15 is 0 Å². The minimum absolute atomic E-state index is 0.0236. The van der Waals surface area contributed by atoms with Crippen molar-refractivity contribution < 1.29 is 8.78 Å². The summed E-state index contributed by atoms with van der Waals surface area (Å²) in [5.74, 6) is 0. The largest absolute Gasteiger partial charge is 0.342 e. The standard InChI is InChI=1S/C13H16F2N2/c1-9(16)7-11-4-2-3-10-5-6-17(13(10)11)8-12(14)15/h2-6,9,12H,7-8,16H2,1H3. The number of rotatable bonds is 4. The van der Waals surface area contributed by atoms with Crippen LogP contribution in [0.2, 0.25) is 0 Å². The second kappa shape index (κ2) is 4.84. The smallest absolute Gasteiger partial charge is 0.256 e. The van der Waals surface area contributed by atoms with Crippen LogP contribution >= 0.6 is 0 Å². The van der Waals surface area contributed by atoms with Gasteiger partial charge in [0.05, 0.1) is 12.1 Å². The normalized spacial score (nSPS) is 13.5. The molecule has 0 aliphatic carbocycles. The molecule has 0 fully saturated rings. The van der Waals surface area contributed by atoms with Crippen LogP contribution in [-0.4, -0.2) is 17.0 Å². The van der Waals surface area contributed by atoms with Gasteiger partial charge in [0.25, 0.3) is 6.43 Å². The molecule has 2 N–H and O–H groups in total. The number of hydrogen-bond donors (Lipinski definition) is 1. The van der Waals surface area contributed by atoms with Crippen molar-refractivity contribution >= 4 is 10.9 Å². The first-order valence-electron chi connectivity index (χ1n) is 5.68. The Morgan fingerprint density at radius 2 is 2.06 bits per heavy atom. The van der Waals surface area contributed by atoms with Crippen molar-refractivity contribution in [3.63, 3.8) is 0 Å². The van der Waals surface area contributed by atoms with E-state index in [0.29, 0.717) is 6.42 Å². The molecule has 0 aliphatic rings. The molecule has 0 amide bonds. The first-order valence-corrected chi connectivity index (χ1v) is 5.68. The molecule has 0 aliphatic heterocycles. The van der Waals surface area contributed by atoms with E-state index in [1.165, 1.54) is 0 Å². The molecule has 92 valence electrons. The fourth-order valence-electron chi connectivity index (χ4n) is 2.15. The molecule has 0 saturated carbocycles. The third-order valence-electron chi connectivity index (χ3n) is 2.75. The average molecular weight is 238 g/mol. The van der Waals surface area contributed by atoms with Gasteiger partial charge in [-0.1, -0.05) is 18.2 Å². The van der Waals surface area contributed by atoms with Crippen LogP contribution in [0.25, 0.3) is 10.9 Å². The topological polar surface area (TPSA) is 30.9 Å². The second-order valence-corrected chi connectivity index (χ2v) is 4.40. The zero-order chi connectivity index (χ0) is 12.4. The Morgan fingerprint density at radius 3 is 2.71 bits per heavy atom. The van der Waals surface area contributed by atoms with E-state index in [2.05, 4.69) is 0 Å². The van der Waals surface area contributed by atoms with Crippen LogP contribution in [0, 0.1) is 0 Å². The van der Waals surface area contributed by atoms with Gasteiger partial charge in [-0.3, -0.25) is 0 Å². The molecular formula is C13H16F2N2. The molecule has 0 bridgehead atoms. The van der Waals surface area contributed by atoms with Crippen molar-refractivity contribution in [3.05, 3.63) is 36.0 Å². The van der Waals surface area contributed by atoms with Crippen molar-refractivity contribution in [2.75, 3.05) is 0 Å². The van der Waals surface area contributed by atoms with E-state index in [0.717, 1.165) is 16.5 Å². The summed E-state index contributed by atoms with van der Waals surface area (Å²) in [6.45, 7) is 1.65. The van der Waals surface area contributed by atoms with E-state index in [-0.39, 0.29) is 12.6 Å². The maximum Gasteiger partial charge on any atom is 0.256 e. The van der Waals surface area contributed by atoms with E-state index in [4.69, 9.17) is 5.73 Å². The summed E-state index contributed by atoms with van der Waals surface area (Å²) in [4.78, 5) is 0. The van der Waals surface area contributed by atoms with E-state index in [1.807, 2.05) is 31.2 Å². The Labute approximate surface area is 99.0 Å². The van der Waals surface area contributed by atoms with Crippen molar-refractivity contribution in [1.29, 1.82) is 0 Å². The molecule has 1 aromatic carbocycles. The first kappa shape index (κ1) is 12.0. The number of alkyl halides is 2. The lowest BCUT2D eigenvalue weighted by molar-refractivity contribution is 0.128. The fraction of sp³-hybridized carbons (Fsp3) is 0.385. The van der Waals surface area contributed by atoms with Gasteiger partial charge in [-0.05, 0) is 30.4 Å². The number of para-hydroxylation sites is 1. The van der Waals surface area contributed by atoms with Crippen LogP contribution in [0.5, 0.6) is 0 Å². The summed E-state index contributed by atoms with van der Waals surface area (Å²) in [5.41, 5.74) is 7.69. The Morgan fingerprint density at radius 1 is 1.29 bits per heavy atom. The van der Waals surface area contributed by atoms with E-state index < -0.39 is 6.43 Å². The molecule has 0 saturated heterocycles. The lowest BCUT2D eigenvalue weighted by Gasteiger charge is -2.11. The SMILES string of the molecule is CC(N)Cc1cccc2ccn(CC(F)F)c12. The molecule has 1 unspecified atom stereocenters. The molecule has 0 spiro atoms. The highest BCUT2D eigenvalue weighted by atomic mass is 19.3. The van der Waals surface area contributed by atoms with Crippen LogP contribution in [-0.2, 0) is 13.0 Å². The molecule has 1 aromatic heterocycles. The zero-order valence-electron chi connectivity index (χ0n) is 9.74. The quantitative estimate of drug-likeness (QED) is 0.872. The summed E-state index contributed by atoms with van der Waals surface area (Å²) < 4.78 is 26.6. The van der Waals surface area contributed by atoms with Crippen molar-refractivity contribution in [1.82, 2.24) is 4.57 Å². The highest BCUT2D eigenvalue weighted by molar-refractivity contribution is 5.83. The Balaban J connectivity index is 2.47. The van der Waals surface area contributed by atoms with Gasteiger partial charge in [-0.2, -0.15) is 0 Å². The lowest BCUT2D eigenvalue weighted by atomic mass is 10.0. The zero-order valence-corrected chi connectivity index (χ0v) is 9.74. The number of hydrogen-bond acceptors (Lipinski definition) is 1. The van der Waals surface area contributed by atoms with Crippen molar-refractivity contribution in [2.45, 2.75) is 32.4 Å². The predicted octanol–water partition coefficient (Wildman–Crippen LogP) is 2.80. The summed E-state index contributed by atoms with van der Waals surface area (Å²) in [6.07, 6.45) is 0.0699. The Hall–Kier alpha value is -1.42. The number of nitrogens with two attached hydrogens (primary N) is 1. The minimum Gasteiger partial charge on any atom is -0.342 e. The van der Waals surface area contributed by atoms with Crippen molar-refractivity contribution in [2.24, 2.45) is 5.73 Å². The molecule has 0 radical (unpaired) electrons. The van der Waals surface area contributed by atoms with Gasteiger partial charge in [-0.15, -0.1) is 0 Å². The summed E-state index contributed by atoms with van der Waals surface area (Å²) in [6, 6.07) is 7.71. The van der Waals surface area contributed by atoms with Crippen molar-refractivity contribution in [3.8, 4) is 0 Å². The Bertz CT molecular complexity index is 503. The van der Waals surface area contributed by atoms with Crippen LogP contribution in [0.3, 0.4) is 0 Å². The third-order valence-corrected chi connectivity index (χ3v) is 2.75. The van der Waals surface area contributed by atoms with Gasteiger partial charge >= 0.3 is 0 Å². The van der Waals surface area contributed by atoms with Gasteiger partial charge in [0.1, 0.15) is 0 Å². The molecule has 17 heavy (non-hydrogen) atoms. The third kappa shape index (κ3) is 2.64. The number of benzene rings is 1. The maximum atomic E-state index is 12.5. The number of halogens is 2. The van der Waals surface area contributed by atoms with E-state index in [1.54, 1.807) is 10.8 Å². The van der Waals surface area contributed by atoms with Crippen LogP contribution < -0.4 is 5.73 Å². The summed E-state index contributed by atoms with van der Waals surface area (Å²) >= 11 is 0. The van der Waals surface area contributed by atoms with Crippen LogP contribution in [0.15, 0.2) is 30.5 Å². The summed E-state index contributed by atoms with van der Waals surface area (Å²) in [7, 11) is 0. The highest BCUT2D eigenvalue weighted by Gasteiger charge is 2.11. The number of fused-ring (bicyclic) bond motifs is 1. The predicted molar refractivity (Wildman–Crippen MR) is 65.3 cm³/mol. The van der Waals surface area contributed by atoms with Crippen LogP contribution in [0.1, 0.15) is 12.5 Å². The van der Waals surface area contributed by atoms with Gasteiger partial charge in [0, 0.05) is 12.2 Å². The monoisotopic (exact) mass is 238 g/mol. The fourth-order valence-corrected chi connectivity index (χ4v) is 2.15. The second-order valence-electron chi connectivity index (χ2n) is 4.40. The minimum atomic E-state index is -2.34. The molecule has 4 heteroatoms. The lowest BCUT2D eigenvalue weighted by Crippen LogP contribution is -2.18. The number of aromatic nitrogens is 1. The van der Waals surface area contributed by atoms with E-state index in [9.17, 15) is 8.78 Å². The number of nitrogens with zero attached hydrogens (tertiary/aromatic N) is 1. The summed E-state index contributed by atoms with van der Waals surface area (Å²) in [5, 5.41) is 0.990. The molecule has 1 heterocycles.